The zero-order chi connectivity index (χ0) is 14.0. The first kappa shape index (κ1) is 13.9. The molecule has 0 spiro atoms. The van der Waals surface area contributed by atoms with Crippen molar-refractivity contribution in [3.05, 3.63) is 44.8 Å². The van der Waals surface area contributed by atoms with E-state index in [9.17, 15) is 9.59 Å². The first-order valence-electron chi connectivity index (χ1n) is 5.69. The Morgan fingerprint density at radius 2 is 2.00 bits per heavy atom. The van der Waals surface area contributed by atoms with Crippen LogP contribution in [0.15, 0.2) is 29.2 Å². The van der Waals surface area contributed by atoms with E-state index >= 15 is 0 Å². The molecule has 0 saturated heterocycles. The highest BCUT2D eigenvalue weighted by atomic mass is 35.5. The van der Waals surface area contributed by atoms with Crippen molar-refractivity contribution in [3.8, 4) is 0 Å². The third-order valence-electron chi connectivity index (χ3n) is 2.80. The van der Waals surface area contributed by atoms with E-state index in [-0.39, 0.29) is 12.0 Å². The summed E-state index contributed by atoms with van der Waals surface area (Å²) in [6.07, 6.45) is 2.04. The second kappa shape index (κ2) is 5.63. The Labute approximate surface area is 119 Å². The van der Waals surface area contributed by atoms with E-state index in [1.165, 1.54) is 4.57 Å². The predicted octanol–water partition coefficient (Wildman–Crippen LogP) is 3.17. The molecule has 1 heterocycles. The predicted molar refractivity (Wildman–Crippen MR) is 75.1 cm³/mol. The highest BCUT2D eigenvalue weighted by molar-refractivity contribution is 6.38. The minimum atomic E-state index is -0.875. The molecule has 19 heavy (non-hydrogen) atoms. The van der Waals surface area contributed by atoms with Gasteiger partial charge in [0.05, 0.1) is 10.4 Å². The molecule has 1 aromatic heterocycles. The second-order valence-electron chi connectivity index (χ2n) is 4.16. The van der Waals surface area contributed by atoms with Crippen LogP contribution in [-0.2, 0) is 11.3 Å². The monoisotopic (exact) mass is 299 g/mol. The molecule has 0 fully saturated rings. The summed E-state index contributed by atoms with van der Waals surface area (Å²) in [6.45, 7) is 0.352. The molecule has 0 aliphatic carbocycles. The molecule has 2 aromatic rings. The van der Waals surface area contributed by atoms with E-state index in [0.717, 1.165) is 0 Å². The number of benzene rings is 1. The lowest BCUT2D eigenvalue weighted by atomic mass is 10.1. The maximum absolute atomic E-state index is 12.2. The van der Waals surface area contributed by atoms with Gasteiger partial charge in [0.2, 0.25) is 0 Å². The van der Waals surface area contributed by atoms with Crippen LogP contribution in [0.3, 0.4) is 0 Å². The maximum Gasteiger partial charge on any atom is 0.303 e. The number of nitrogens with zero attached hydrogens (tertiary/aromatic N) is 1. The number of carboxylic acids is 1. The lowest BCUT2D eigenvalue weighted by Crippen LogP contribution is -2.20. The maximum atomic E-state index is 12.2. The first-order valence-corrected chi connectivity index (χ1v) is 6.44. The SMILES string of the molecule is O=C(O)CCCn1ccc2c(Cl)cc(Cl)cc2c1=O. The van der Waals surface area contributed by atoms with Crippen LogP contribution in [0.4, 0.5) is 0 Å². The molecule has 1 aromatic carbocycles. The van der Waals surface area contributed by atoms with E-state index < -0.39 is 5.97 Å². The molecule has 0 unspecified atom stereocenters. The summed E-state index contributed by atoms with van der Waals surface area (Å²) in [5.74, 6) is -0.875. The van der Waals surface area contributed by atoms with Gasteiger partial charge in [-0.2, -0.15) is 0 Å². The lowest BCUT2D eigenvalue weighted by Gasteiger charge is -2.07. The number of rotatable bonds is 4. The minimum absolute atomic E-state index is 0.0286. The van der Waals surface area contributed by atoms with Gasteiger partial charge >= 0.3 is 5.97 Å². The molecule has 0 saturated carbocycles. The molecule has 0 amide bonds. The fraction of sp³-hybridized carbons (Fsp3) is 0.231. The number of aliphatic carboxylic acids is 1. The molecule has 0 aliphatic rings. The molecule has 0 aliphatic heterocycles. The first-order chi connectivity index (χ1) is 8.99. The molecule has 0 atom stereocenters. The molecule has 2 rings (SSSR count). The van der Waals surface area contributed by atoms with Gasteiger partial charge in [0.15, 0.2) is 0 Å². The quantitative estimate of drug-likeness (QED) is 0.943. The van der Waals surface area contributed by atoms with Crippen molar-refractivity contribution in [1.29, 1.82) is 0 Å². The summed E-state index contributed by atoms with van der Waals surface area (Å²) in [4.78, 5) is 22.7. The van der Waals surface area contributed by atoms with E-state index in [4.69, 9.17) is 28.3 Å². The minimum Gasteiger partial charge on any atom is -0.481 e. The summed E-state index contributed by atoms with van der Waals surface area (Å²) in [7, 11) is 0. The van der Waals surface area contributed by atoms with Gasteiger partial charge < -0.3 is 9.67 Å². The van der Waals surface area contributed by atoms with Gasteiger partial charge in [-0.15, -0.1) is 0 Å². The number of aryl methyl sites for hydroxylation is 1. The summed E-state index contributed by atoms with van der Waals surface area (Å²) >= 11 is 11.9. The van der Waals surface area contributed by atoms with Crippen molar-refractivity contribution in [2.75, 3.05) is 0 Å². The summed E-state index contributed by atoms with van der Waals surface area (Å²) in [5.41, 5.74) is -0.215. The molecule has 4 nitrogen and oxygen atoms in total. The van der Waals surface area contributed by atoms with Crippen LogP contribution < -0.4 is 5.56 Å². The molecule has 0 bridgehead atoms. The van der Waals surface area contributed by atoms with Crippen molar-refractivity contribution in [2.45, 2.75) is 19.4 Å². The third kappa shape index (κ3) is 3.08. The van der Waals surface area contributed by atoms with Gasteiger partial charge in [0, 0.05) is 29.6 Å². The standard InChI is InChI=1S/C13H11Cl2NO3/c14-8-6-10-9(11(15)7-8)3-5-16(13(10)19)4-1-2-12(17)18/h3,5-7H,1-2,4H2,(H,17,18). The molecule has 6 heteroatoms. The van der Waals surface area contributed by atoms with Crippen molar-refractivity contribution >= 4 is 39.9 Å². The molecular formula is C13H11Cl2NO3. The number of pyridine rings is 1. The van der Waals surface area contributed by atoms with Crippen LogP contribution in [0, 0.1) is 0 Å². The van der Waals surface area contributed by atoms with Gasteiger partial charge in [-0.05, 0) is 24.6 Å². The lowest BCUT2D eigenvalue weighted by molar-refractivity contribution is -0.137. The Morgan fingerprint density at radius 1 is 1.26 bits per heavy atom. The Kier molecular flexibility index (Phi) is 4.12. The Balaban J connectivity index is 2.40. The number of halogens is 2. The Hall–Kier alpha value is -1.52. The number of aromatic nitrogens is 1. The van der Waals surface area contributed by atoms with Gasteiger partial charge in [0.25, 0.3) is 5.56 Å². The van der Waals surface area contributed by atoms with Crippen LogP contribution in [0.1, 0.15) is 12.8 Å². The Morgan fingerprint density at radius 3 is 2.68 bits per heavy atom. The number of fused-ring (bicyclic) bond motifs is 1. The summed E-state index contributed by atoms with van der Waals surface area (Å²) < 4.78 is 1.47. The Bertz CT molecular complexity index is 694. The topological polar surface area (TPSA) is 59.3 Å². The van der Waals surface area contributed by atoms with E-state index in [1.807, 2.05) is 0 Å². The van der Waals surface area contributed by atoms with Crippen molar-refractivity contribution in [2.24, 2.45) is 0 Å². The van der Waals surface area contributed by atoms with Crippen LogP contribution in [0.5, 0.6) is 0 Å². The fourth-order valence-electron chi connectivity index (χ4n) is 1.89. The number of hydrogen-bond donors (Lipinski definition) is 1. The van der Waals surface area contributed by atoms with Crippen molar-refractivity contribution < 1.29 is 9.90 Å². The fourth-order valence-corrected chi connectivity index (χ4v) is 2.45. The molecule has 100 valence electrons. The van der Waals surface area contributed by atoms with Crippen LogP contribution in [0.25, 0.3) is 10.8 Å². The van der Waals surface area contributed by atoms with E-state index in [1.54, 1.807) is 24.4 Å². The normalized spacial score (nSPS) is 10.8. The van der Waals surface area contributed by atoms with E-state index in [0.29, 0.717) is 33.8 Å². The average molecular weight is 300 g/mol. The summed E-state index contributed by atoms with van der Waals surface area (Å²) in [6, 6.07) is 4.88. The van der Waals surface area contributed by atoms with Gasteiger partial charge in [-0.25, -0.2) is 0 Å². The van der Waals surface area contributed by atoms with Crippen LogP contribution >= 0.6 is 23.2 Å². The van der Waals surface area contributed by atoms with Gasteiger partial charge in [-0.1, -0.05) is 23.2 Å². The molecule has 0 radical (unpaired) electrons. The molecule has 1 N–H and O–H groups in total. The highest BCUT2D eigenvalue weighted by Crippen LogP contribution is 2.25. The molecular weight excluding hydrogens is 289 g/mol. The van der Waals surface area contributed by atoms with Crippen molar-refractivity contribution in [1.82, 2.24) is 4.57 Å². The number of carbonyl (C=O) groups is 1. The second-order valence-corrected chi connectivity index (χ2v) is 5.00. The average Bonchev–Trinajstić information content (AvgIpc) is 2.32. The van der Waals surface area contributed by atoms with Crippen molar-refractivity contribution in [3.63, 3.8) is 0 Å². The van der Waals surface area contributed by atoms with Crippen LogP contribution in [0.2, 0.25) is 10.0 Å². The van der Waals surface area contributed by atoms with Gasteiger partial charge in [-0.3, -0.25) is 9.59 Å². The highest BCUT2D eigenvalue weighted by Gasteiger charge is 2.07. The van der Waals surface area contributed by atoms with Gasteiger partial charge in [0.1, 0.15) is 0 Å². The zero-order valence-corrected chi connectivity index (χ0v) is 11.4. The van der Waals surface area contributed by atoms with E-state index in [2.05, 4.69) is 0 Å². The zero-order valence-electron chi connectivity index (χ0n) is 9.90. The summed E-state index contributed by atoms with van der Waals surface area (Å²) in [5, 5.41) is 10.5. The largest absolute Gasteiger partial charge is 0.481 e. The smallest absolute Gasteiger partial charge is 0.303 e. The number of hydrogen-bond acceptors (Lipinski definition) is 2. The van der Waals surface area contributed by atoms with Crippen LogP contribution in [-0.4, -0.2) is 15.6 Å². The number of carboxylic acid groups (broad SMARTS) is 1. The third-order valence-corrected chi connectivity index (χ3v) is 3.33.